The number of nitro benzene ring substituents is 1. The minimum atomic E-state index is -1.28. The number of rotatable bonds is 6. The Kier molecular flexibility index (Phi) is 4.83. The van der Waals surface area contributed by atoms with Gasteiger partial charge in [-0.1, -0.05) is 30.3 Å². The zero-order chi connectivity index (χ0) is 21.3. The number of fused-ring (bicyclic) bond motifs is 1. The standard InChI is InChI=1S/C22H19N3O5/c1-22(17-7-9-18(10-8-17)25(28)29)20(26)24(21(27)23-22)12-13-30-19-11-6-15-4-2-3-5-16(15)14-19/h2-11,14H,12-13H2,1H3,(H,23,27). The molecule has 1 saturated heterocycles. The van der Waals surface area contributed by atoms with E-state index in [0.717, 1.165) is 15.7 Å². The number of carbonyl (C=O) groups is 2. The van der Waals surface area contributed by atoms with Crippen molar-refractivity contribution in [2.24, 2.45) is 0 Å². The van der Waals surface area contributed by atoms with Crippen LogP contribution in [0.2, 0.25) is 0 Å². The summed E-state index contributed by atoms with van der Waals surface area (Å²) in [6, 6.07) is 18.6. The van der Waals surface area contributed by atoms with Crippen LogP contribution >= 0.6 is 0 Å². The quantitative estimate of drug-likeness (QED) is 0.384. The summed E-state index contributed by atoms with van der Waals surface area (Å²) in [6.45, 7) is 1.81. The molecule has 3 amide bonds. The monoisotopic (exact) mass is 405 g/mol. The summed E-state index contributed by atoms with van der Waals surface area (Å²) in [5.41, 5.74) is -0.890. The van der Waals surface area contributed by atoms with E-state index in [-0.39, 0.29) is 18.8 Å². The smallest absolute Gasteiger partial charge is 0.325 e. The highest BCUT2D eigenvalue weighted by molar-refractivity contribution is 6.07. The molecule has 0 aromatic heterocycles. The van der Waals surface area contributed by atoms with Gasteiger partial charge in [-0.15, -0.1) is 0 Å². The first-order valence-corrected chi connectivity index (χ1v) is 9.39. The van der Waals surface area contributed by atoms with Gasteiger partial charge in [0.1, 0.15) is 17.9 Å². The maximum Gasteiger partial charge on any atom is 0.325 e. The highest BCUT2D eigenvalue weighted by Crippen LogP contribution is 2.30. The van der Waals surface area contributed by atoms with Gasteiger partial charge in [-0.25, -0.2) is 4.79 Å². The molecular formula is C22H19N3O5. The molecule has 8 nitrogen and oxygen atoms in total. The summed E-state index contributed by atoms with van der Waals surface area (Å²) in [6.07, 6.45) is 0. The average molecular weight is 405 g/mol. The number of nitrogens with zero attached hydrogens (tertiary/aromatic N) is 2. The summed E-state index contributed by atoms with van der Waals surface area (Å²) in [5.74, 6) is 0.224. The Morgan fingerprint density at radius 2 is 1.73 bits per heavy atom. The lowest BCUT2D eigenvalue weighted by Gasteiger charge is -2.22. The van der Waals surface area contributed by atoms with Gasteiger partial charge in [0.2, 0.25) is 0 Å². The van der Waals surface area contributed by atoms with Crippen molar-refractivity contribution >= 4 is 28.4 Å². The number of nitro groups is 1. The Balaban J connectivity index is 1.43. The minimum absolute atomic E-state index is 0.0834. The number of ether oxygens (including phenoxy) is 1. The zero-order valence-electron chi connectivity index (χ0n) is 16.2. The molecule has 1 aliphatic rings. The minimum Gasteiger partial charge on any atom is -0.492 e. The largest absolute Gasteiger partial charge is 0.492 e. The lowest BCUT2D eigenvalue weighted by atomic mass is 9.92. The number of urea groups is 1. The van der Waals surface area contributed by atoms with Gasteiger partial charge in [0, 0.05) is 12.1 Å². The maximum atomic E-state index is 12.9. The van der Waals surface area contributed by atoms with Crippen molar-refractivity contribution in [2.75, 3.05) is 13.2 Å². The van der Waals surface area contributed by atoms with Crippen LogP contribution in [0.5, 0.6) is 5.75 Å². The molecule has 0 aliphatic carbocycles. The first kappa shape index (κ1) is 19.4. The second-order valence-corrected chi connectivity index (χ2v) is 7.17. The van der Waals surface area contributed by atoms with Crippen molar-refractivity contribution in [1.29, 1.82) is 0 Å². The third-order valence-corrected chi connectivity index (χ3v) is 5.23. The van der Waals surface area contributed by atoms with Crippen molar-refractivity contribution in [3.63, 3.8) is 0 Å². The topological polar surface area (TPSA) is 102 Å². The predicted octanol–water partition coefficient (Wildman–Crippen LogP) is 3.59. The second kappa shape index (κ2) is 7.47. The lowest BCUT2D eigenvalue weighted by Crippen LogP contribution is -2.41. The van der Waals surface area contributed by atoms with Crippen molar-refractivity contribution in [2.45, 2.75) is 12.5 Å². The Hall–Kier alpha value is -3.94. The number of hydrogen-bond donors (Lipinski definition) is 1. The molecule has 1 atom stereocenters. The third kappa shape index (κ3) is 3.43. The van der Waals surface area contributed by atoms with Gasteiger partial charge < -0.3 is 10.1 Å². The normalized spacial score (nSPS) is 18.5. The fourth-order valence-corrected chi connectivity index (χ4v) is 3.52. The van der Waals surface area contributed by atoms with Crippen molar-refractivity contribution in [1.82, 2.24) is 10.2 Å². The SMILES string of the molecule is CC1(c2ccc([N+](=O)[O-])cc2)NC(=O)N(CCOc2ccc3ccccc3c2)C1=O. The number of amides is 3. The first-order chi connectivity index (χ1) is 14.4. The summed E-state index contributed by atoms with van der Waals surface area (Å²) < 4.78 is 5.74. The molecule has 1 unspecified atom stereocenters. The maximum absolute atomic E-state index is 12.9. The van der Waals surface area contributed by atoms with Crippen LogP contribution < -0.4 is 10.1 Å². The molecule has 3 aromatic carbocycles. The Labute approximate surface area is 172 Å². The van der Waals surface area contributed by atoms with Gasteiger partial charge in [0.15, 0.2) is 0 Å². The molecule has 1 heterocycles. The highest BCUT2D eigenvalue weighted by Gasteiger charge is 2.48. The number of nitrogens with one attached hydrogen (secondary N) is 1. The van der Waals surface area contributed by atoms with Crippen molar-refractivity contribution in [3.05, 3.63) is 82.4 Å². The molecule has 0 saturated carbocycles. The summed E-state index contributed by atoms with van der Waals surface area (Å²) in [4.78, 5) is 36.7. The zero-order valence-corrected chi connectivity index (χ0v) is 16.2. The Bertz CT molecular complexity index is 1140. The Morgan fingerprint density at radius 3 is 2.43 bits per heavy atom. The van der Waals surface area contributed by atoms with E-state index >= 15 is 0 Å². The summed E-state index contributed by atoms with van der Waals surface area (Å²) in [5, 5.41) is 15.6. The van der Waals surface area contributed by atoms with Crippen LogP contribution in [0.15, 0.2) is 66.7 Å². The van der Waals surface area contributed by atoms with E-state index in [0.29, 0.717) is 11.3 Å². The molecule has 0 bridgehead atoms. The highest BCUT2D eigenvalue weighted by atomic mass is 16.6. The second-order valence-electron chi connectivity index (χ2n) is 7.17. The van der Waals surface area contributed by atoms with Crippen molar-refractivity contribution < 1.29 is 19.2 Å². The molecule has 0 radical (unpaired) electrons. The predicted molar refractivity (Wildman–Crippen MR) is 110 cm³/mol. The van der Waals surface area contributed by atoms with E-state index < -0.39 is 22.4 Å². The summed E-state index contributed by atoms with van der Waals surface area (Å²) in [7, 11) is 0. The van der Waals surface area contributed by atoms with E-state index in [4.69, 9.17) is 4.74 Å². The lowest BCUT2D eigenvalue weighted by molar-refractivity contribution is -0.384. The Morgan fingerprint density at radius 1 is 1.03 bits per heavy atom. The van der Waals surface area contributed by atoms with Gasteiger partial charge in [0.05, 0.1) is 11.5 Å². The fourth-order valence-electron chi connectivity index (χ4n) is 3.52. The van der Waals surface area contributed by atoms with Gasteiger partial charge in [0.25, 0.3) is 11.6 Å². The van der Waals surface area contributed by atoms with Crippen LogP contribution in [0.3, 0.4) is 0 Å². The molecule has 1 fully saturated rings. The molecule has 8 heteroatoms. The van der Waals surface area contributed by atoms with E-state index in [1.165, 1.54) is 24.3 Å². The number of imide groups is 1. The first-order valence-electron chi connectivity index (χ1n) is 9.39. The molecule has 30 heavy (non-hydrogen) atoms. The van der Waals surface area contributed by atoms with Gasteiger partial charge in [-0.2, -0.15) is 0 Å². The van der Waals surface area contributed by atoms with Gasteiger partial charge in [-0.3, -0.25) is 19.8 Å². The van der Waals surface area contributed by atoms with Gasteiger partial charge in [-0.05, 0) is 47.5 Å². The molecule has 1 aliphatic heterocycles. The molecule has 152 valence electrons. The summed E-state index contributed by atoms with van der Waals surface area (Å²) >= 11 is 0. The molecule has 0 spiro atoms. The van der Waals surface area contributed by atoms with Crippen LogP contribution in [-0.4, -0.2) is 34.9 Å². The van der Waals surface area contributed by atoms with Crippen molar-refractivity contribution in [3.8, 4) is 5.75 Å². The average Bonchev–Trinajstić information content (AvgIpc) is 2.97. The number of benzene rings is 3. The third-order valence-electron chi connectivity index (χ3n) is 5.23. The van der Waals surface area contributed by atoms with Crippen LogP contribution in [0.4, 0.5) is 10.5 Å². The van der Waals surface area contributed by atoms with Crippen LogP contribution in [0.25, 0.3) is 10.8 Å². The molecule has 4 rings (SSSR count). The van der Waals surface area contributed by atoms with Crippen LogP contribution in [-0.2, 0) is 10.3 Å². The van der Waals surface area contributed by atoms with Crippen LogP contribution in [0, 0.1) is 10.1 Å². The van der Waals surface area contributed by atoms with E-state index in [2.05, 4.69) is 5.32 Å². The van der Waals surface area contributed by atoms with Crippen LogP contribution in [0.1, 0.15) is 12.5 Å². The molecular weight excluding hydrogens is 386 g/mol. The van der Waals surface area contributed by atoms with E-state index in [1.54, 1.807) is 6.92 Å². The number of non-ortho nitro benzene ring substituents is 1. The number of hydrogen-bond acceptors (Lipinski definition) is 5. The van der Waals surface area contributed by atoms with Gasteiger partial charge >= 0.3 is 6.03 Å². The number of carbonyl (C=O) groups excluding carboxylic acids is 2. The molecule has 3 aromatic rings. The van der Waals surface area contributed by atoms with E-state index in [1.807, 2.05) is 42.5 Å². The molecule has 1 N–H and O–H groups in total. The van der Waals surface area contributed by atoms with E-state index in [9.17, 15) is 19.7 Å². The fraction of sp³-hybridized carbons (Fsp3) is 0.182.